The van der Waals surface area contributed by atoms with Crippen LogP contribution in [0, 0.1) is 34.5 Å². The third-order valence-electron chi connectivity index (χ3n) is 6.96. The molecule has 3 aliphatic rings. The van der Waals surface area contributed by atoms with Gasteiger partial charge >= 0.3 is 0 Å². The quantitative estimate of drug-likeness (QED) is 0.653. The van der Waals surface area contributed by atoms with Crippen molar-refractivity contribution in [3.63, 3.8) is 0 Å². The predicted molar refractivity (Wildman–Crippen MR) is 64.8 cm³/mol. The van der Waals surface area contributed by atoms with E-state index in [2.05, 4.69) is 34.6 Å². The maximum Gasteiger partial charge on any atom is 0.154 e. The molecule has 0 aromatic carbocycles. The summed E-state index contributed by atoms with van der Waals surface area (Å²) in [6.45, 7) is 11.3. The Hall–Kier alpha value is -0.0500. The summed E-state index contributed by atoms with van der Waals surface area (Å²) in [5, 5.41) is -0.0475. The third-order valence-corrected chi connectivity index (χ3v) is 9.51. The SMILES string of the molecule is CC1C2C3C(C)C1(C)C(C)C2(C)CS3(=O)=O. The first-order valence-electron chi connectivity index (χ1n) is 6.39. The van der Waals surface area contributed by atoms with Gasteiger partial charge < -0.3 is 0 Å². The summed E-state index contributed by atoms with van der Waals surface area (Å²) < 4.78 is 24.7. The van der Waals surface area contributed by atoms with Crippen molar-refractivity contribution in [2.75, 3.05) is 5.75 Å². The van der Waals surface area contributed by atoms with Crippen LogP contribution >= 0.6 is 0 Å². The second-order valence-corrected chi connectivity index (χ2v) is 9.13. The molecule has 92 valence electrons. The smallest absolute Gasteiger partial charge is 0.154 e. The highest BCUT2D eigenvalue weighted by atomic mass is 32.2. The van der Waals surface area contributed by atoms with Gasteiger partial charge in [0.05, 0.1) is 11.0 Å². The van der Waals surface area contributed by atoms with Gasteiger partial charge in [0, 0.05) is 0 Å². The van der Waals surface area contributed by atoms with Crippen molar-refractivity contribution >= 4 is 9.84 Å². The lowest BCUT2D eigenvalue weighted by molar-refractivity contribution is 0.0598. The van der Waals surface area contributed by atoms with Crippen molar-refractivity contribution in [3.8, 4) is 0 Å². The average Bonchev–Trinajstić information content (AvgIpc) is 2.54. The Labute approximate surface area is 98.7 Å². The lowest BCUT2D eigenvalue weighted by Gasteiger charge is -2.43. The fraction of sp³-hybridized carbons (Fsp3) is 1.00. The summed E-state index contributed by atoms with van der Waals surface area (Å²) >= 11 is 0. The first-order valence-corrected chi connectivity index (χ1v) is 8.10. The Kier molecular flexibility index (Phi) is 1.75. The van der Waals surface area contributed by atoms with Crippen molar-refractivity contribution in [2.24, 2.45) is 34.5 Å². The number of hydrogen-bond acceptors (Lipinski definition) is 2. The Bertz CT molecular complexity index is 455. The van der Waals surface area contributed by atoms with Crippen LogP contribution in [0.4, 0.5) is 0 Å². The van der Waals surface area contributed by atoms with Crippen molar-refractivity contribution < 1.29 is 8.42 Å². The van der Waals surface area contributed by atoms with Crippen LogP contribution in [0.3, 0.4) is 0 Å². The molecule has 0 aromatic heterocycles. The molecular weight excluding hydrogens is 220 g/mol. The summed E-state index contributed by atoms with van der Waals surface area (Å²) in [5.41, 5.74) is 0.276. The molecule has 2 saturated carbocycles. The van der Waals surface area contributed by atoms with E-state index in [0.717, 1.165) is 0 Å². The van der Waals surface area contributed by atoms with Gasteiger partial charge in [-0.2, -0.15) is 0 Å². The fourth-order valence-electron chi connectivity index (χ4n) is 5.77. The van der Waals surface area contributed by atoms with Crippen molar-refractivity contribution in [1.29, 1.82) is 0 Å². The standard InChI is InChI=1S/C13H22O2S/c1-7-10-11-8(2)13(7,5)9(3)12(10,4)6-16(11,14)15/h7-11H,6H2,1-5H3. The lowest BCUT2D eigenvalue weighted by Crippen LogP contribution is -2.42. The minimum absolute atomic E-state index is 0.0458. The molecule has 2 bridgehead atoms. The van der Waals surface area contributed by atoms with Crippen molar-refractivity contribution in [3.05, 3.63) is 0 Å². The van der Waals surface area contributed by atoms with Crippen LogP contribution in [0.25, 0.3) is 0 Å². The Morgan fingerprint density at radius 1 is 1.06 bits per heavy atom. The first kappa shape index (κ1) is 11.1. The highest BCUT2D eigenvalue weighted by molar-refractivity contribution is 7.92. The topological polar surface area (TPSA) is 34.1 Å². The molecule has 7 unspecified atom stereocenters. The van der Waals surface area contributed by atoms with E-state index in [1.807, 2.05) is 0 Å². The molecule has 7 atom stereocenters. The van der Waals surface area contributed by atoms with Gasteiger partial charge in [-0.25, -0.2) is 8.42 Å². The predicted octanol–water partition coefficient (Wildman–Crippen LogP) is 2.35. The molecule has 3 rings (SSSR count). The molecule has 0 N–H and O–H groups in total. The van der Waals surface area contributed by atoms with Gasteiger partial charge in [0.25, 0.3) is 0 Å². The molecule has 3 fully saturated rings. The summed E-state index contributed by atoms with van der Waals surface area (Å²) in [7, 11) is -2.84. The zero-order chi connectivity index (χ0) is 12.1. The minimum Gasteiger partial charge on any atom is -0.229 e. The van der Waals surface area contributed by atoms with Crippen LogP contribution in [0.5, 0.6) is 0 Å². The molecule has 0 aromatic rings. The maximum absolute atomic E-state index is 12.3. The monoisotopic (exact) mass is 242 g/mol. The van der Waals surface area contributed by atoms with Gasteiger partial charge in [0.1, 0.15) is 0 Å². The summed E-state index contributed by atoms with van der Waals surface area (Å²) in [4.78, 5) is 0. The van der Waals surface area contributed by atoms with E-state index in [9.17, 15) is 8.42 Å². The van der Waals surface area contributed by atoms with Crippen LogP contribution < -0.4 is 0 Å². The van der Waals surface area contributed by atoms with Crippen LogP contribution in [-0.2, 0) is 9.84 Å². The summed E-state index contributed by atoms with van der Waals surface area (Å²) in [6.07, 6.45) is 0. The van der Waals surface area contributed by atoms with E-state index in [1.54, 1.807) is 0 Å². The molecule has 1 heterocycles. The largest absolute Gasteiger partial charge is 0.229 e. The molecular formula is C13H22O2S. The molecule has 1 aliphatic heterocycles. The average molecular weight is 242 g/mol. The minimum atomic E-state index is -2.84. The molecule has 16 heavy (non-hydrogen) atoms. The van der Waals surface area contributed by atoms with Gasteiger partial charge in [0.2, 0.25) is 0 Å². The van der Waals surface area contributed by atoms with Gasteiger partial charge in [-0.05, 0) is 34.5 Å². The summed E-state index contributed by atoms with van der Waals surface area (Å²) in [6, 6.07) is 0. The van der Waals surface area contributed by atoms with Gasteiger partial charge in [0.15, 0.2) is 9.84 Å². The number of fused-ring (bicyclic) bond motifs is 1. The van der Waals surface area contributed by atoms with E-state index >= 15 is 0 Å². The molecule has 2 aliphatic carbocycles. The molecule has 3 heteroatoms. The Morgan fingerprint density at radius 2 is 1.62 bits per heavy atom. The zero-order valence-corrected chi connectivity index (χ0v) is 11.6. The molecule has 0 amide bonds. The highest BCUT2D eigenvalue weighted by Gasteiger charge is 2.77. The Balaban J connectivity index is 2.28. The number of sulfone groups is 1. The fourth-order valence-corrected chi connectivity index (χ4v) is 9.18. The lowest BCUT2D eigenvalue weighted by atomic mass is 9.61. The van der Waals surface area contributed by atoms with E-state index in [1.165, 1.54) is 0 Å². The zero-order valence-electron chi connectivity index (χ0n) is 10.8. The summed E-state index contributed by atoms with van der Waals surface area (Å²) in [5.74, 6) is 2.27. The second-order valence-electron chi connectivity index (χ2n) is 6.97. The van der Waals surface area contributed by atoms with E-state index in [0.29, 0.717) is 29.4 Å². The van der Waals surface area contributed by atoms with Gasteiger partial charge in [-0.3, -0.25) is 0 Å². The van der Waals surface area contributed by atoms with Gasteiger partial charge in [-0.15, -0.1) is 0 Å². The van der Waals surface area contributed by atoms with E-state index in [-0.39, 0.29) is 16.1 Å². The third kappa shape index (κ3) is 0.804. The number of rotatable bonds is 0. The molecule has 0 radical (unpaired) electrons. The Morgan fingerprint density at radius 3 is 2.12 bits per heavy atom. The van der Waals surface area contributed by atoms with Crippen molar-refractivity contribution in [2.45, 2.75) is 39.9 Å². The van der Waals surface area contributed by atoms with Crippen molar-refractivity contribution in [1.82, 2.24) is 0 Å². The van der Waals surface area contributed by atoms with E-state index < -0.39 is 9.84 Å². The van der Waals surface area contributed by atoms with Crippen LogP contribution in [0.15, 0.2) is 0 Å². The maximum atomic E-state index is 12.3. The molecule has 0 spiro atoms. The van der Waals surface area contributed by atoms with E-state index in [4.69, 9.17) is 0 Å². The molecule has 1 saturated heterocycles. The van der Waals surface area contributed by atoms with Gasteiger partial charge in [-0.1, -0.05) is 34.6 Å². The van der Waals surface area contributed by atoms with Crippen LogP contribution in [0.2, 0.25) is 0 Å². The second kappa shape index (κ2) is 2.52. The van der Waals surface area contributed by atoms with Crippen LogP contribution in [-0.4, -0.2) is 19.4 Å². The number of hydrogen-bond donors (Lipinski definition) is 0. The highest BCUT2D eigenvalue weighted by Crippen LogP contribution is 2.75. The molecule has 2 nitrogen and oxygen atoms in total. The van der Waals surface area contributed by atoms with Crippen LogP contribution in [0.1, 0.15) is 34.6 Å². The normalized spacial score (nSPS) is 66.4. The first-order chi connectivity index (χ1) is 7.17.